The van der Waals surface area contributed by atoms with Gasteiger partial charge in [-0.15, -0.1) is 0 Å². The zero-order valence-electron chi connectivity index (χ0n) is 16.9. The summed E-state index contributed by atoms with van der Waals surface area (Å²) in [7, 11) is 0. The number of hydrogen-bond acceptors (Lipinski definition) is 2. The molecule has 0 atom stereocenters. The van der Waals surface area contributed by atoms with E-state index in [9.17, 15) is 0 Å². The number of fused-ring (bicyclic) bond motifs is 4. The van der Waals surface area contributed by atoms with E-state index in [1.54, 1.807) is 4.90 Å². The number of H-pyrrole nitrogens is 1. The average Bonchev–Trinajstić information content (AvgIpc) is 3.37. The fraction of sp³-hybridized carbons (Fsp3) is 0.192. The molecule has 1 aliphatic carbocycles. The maximum absolute atomic E-state index is 4.80. The number of aromatic amines is 1. The molecule has 0 saturated carbocycles. The van der Waals surface area contributed by atoms with Crippen LogP contribution in [0.5, 0.6) is 0 Å². The zero-order valence-corrected chi connectivity index (χ0v) is 16.9. The maximum Gasteiger partial charge on any atom is 0.140 e. The van der Waals surface area contributed by atoms with Crippen LogP contribution in [0.3, 0.4) is 0 Å². The van der Waals surface area contributed by atoms with Gasteiger partial charge >= 0.3 is 0 Å². The zero-order chi connectivity index (χ0) is 19.9. The highest BCUT2D eigenvalue weighted by Gasteiger charge is 2.37. The van der Waals surface area contributed by atoms with Crippen LogP contribution in [0.1, 0.15) is 22.7 Å². The number of rotatable bonds is 3. The van der Waals surface area contributed by atoms with Crippen LogP contribution in [0.15, 0.2) is 84.1 Å². The molecule has 148 valence electrons. The van der Waals surface area contributed by atoms with E-state index < -0.39 is 0 Å². The predicted molar refractivity (Wildman–Crippen MR) is 122 cm³/mol. The summed E-state index contributed by atoms with van der Waals surface area (Å²) < 4.78 is 0. The van der Waals surface area contributed by atoms with Gasteiger partial charge in [0, 0.05) is 33.8 Å². The van der Waals surface area contributed by atoms with Crippen LogP contribution in [-0.2, 0) is 0 Å². The highest BCUT2D eigenvalue weighted by molar-refractivity contribution is 5.98. The standard InChI is InChI=1S/C26H24N4/c1-3-10-23-21(8-1)22-9-2-4-11-24(22)26(23)29-13-15-30(16-14-29)28-18-19-17-27-25-12-6-5-7-20(19)25/h1-12,17-18,26-27H,13-16H2/p+1/b28-18+. The van der Waals surface area contributed by atoms with Crippen molar-refractivity contribution in [2.75, 3.05) is 26.2 Å². The Bertz CT molecular complexity index is 1190. The second kappa shape index (κ2) is 7.15. The Labute approximate surface area is 176 Å². The van der Waals surface area contributed by atoms with Crippen LogP contribution in [0.4, 0.5) is 0 Å². The molecular formula is C26H25N4+. The van der Waals surface area contributed by atoms with Crippen LogP contribution in [0.2, 0.25) is 0 Å². The second-order valence-electron chi connectivity index (χ2n) is 8.25. The quantitative estimate of drug-likeness (QED) is 0.514. The van der Waals surface area contributed by atoms with Crippen molar-refractivity contribution in [3.05, 3.63) is 95.7 Å². The number of benzene rings is 3. The van der Waals surface area contributed by atoms with Crippen molar-refractivity contribution < 1.29 is 4.90 Å². The molecule has 0 bridgehead atoms. The first-order valence-electron chi connectivity index (χ1n) is 10.8. The van der Waals surface area contributed by atoms with Crippen LogP contribution < -0.4 is 4.90 Å². The number of aromatic nitrogens is 1. The van der Waals surface area contributed by atoms with Gasteiger partial charge in [0.2, 0.25) is 0 Å². The van der Waals surface area contributed by atoms with Crippen LogP contribution in [0.25, 0.3) is 22.0 Å². The van der Waals surface area contributed by atoms with E-state index >= 15 is 0 Å². The Kier molecular flexibility index (Phi) is 4.17. The average molecular weight is 394 g/mol. The first-order chi connectivity index (χ1) is 14.9. The third kappa shape index (κ3) is 2.84. The summed E-state index contributed by atoms with van der Waals surface area (Å²) in [4.78, 5) is 4.97. The van der Waals surface area contributed by atoms with E-state index in [-0.39, 0.29) is 0 Å². The van der Waals surface area contributed by atoms with E-state index in [2.05, 4.69) is 82.8 Å². The molecule has 0 radical (unpaired) electrons. The van der Waals surface area contributed by atoms with Gasteiger partial charge in [-0.2, -0.15) is 5.10 Å². The van der Waals surface area contributed by atoms with Gasteiger partial charge in [0.1, 0.15) is 6.04 Å². The van der Waals surface area contributed by atoms with E-state index in [4.69, 9.17) is 5.10 Å². The summed E-state index contributed by atoms with van der Waals surface area (Å²) in [5.41, 5.74) is 8.08. The molecule has 1 saturated heterocycles. The number of hydrogen-bond donors (Lipinski definition) is 2. The Hall–Kier alpha value is -3.37. The maximum atomic E-state index is 4.80. The molecule has 4 aromatic rings. The van der Waals surface area contributed by atoms with Crippen LogP contribution >= 0.6 is 0 Å². The van der Waals surface area contributed by atoms with Crippen molar-refractivity contribution in [3.8, 4) is 11.1 Å². The number of quaternary nitrogens is 1. The van der Waals surface area contributed by atoms with Gasteiger partial charge in [-0.05, 0) is 17.2 Å². The Morgan fingerprint density at radius 2 is 1.47 bits per heavy atom. The summed E-state index contributed by atoms with van der Waals surface area (Å²) in [6.45, 7) is 4.15. The number of nitrogens with zero attached hydrogens (tertiary/aromatic N) is 2. The molecule has 6 rings (SSSR count). The van der Waals surface area contributed by atoms with E-state index in [0.29, 0.717) is 6.04 Å². The van der Waals surface area contributed by atoms with Gasteiger partial charge in [-0.3, -0.25) is 5.01 Å². The molecular weight excluding hydrogens is 368 g/mol. The van der Waals surface area contributed by atoms with Crippen molar-refractivity contribution in [2.45, 2.75) is 6.04 Å². The second-order valence-corrected chi connectivity index (χ2v) is 8.25. The van der Waals surface area contributed by atoms with Gasteiger partial charge in [0.25, 0.3) is 0 Å². The third-order valence-corrected chi connectivity index (χ3v) is 6.61. The molecule has 2 aliphatic rings. The largest absolute Gasteiger partial charge is 0.361 e. The lowest BCUT2D eigenvalue weighted by Crippen LogP contribution is -3.14. The van der Waals surface area contributed by atoms with Gasteiger partial charge < -0.3 is 9.88 Å². The highest BCUT2D eigenvalue weighted by atomic mass is 15.5. The number of nitrogens with one attached hydrogen (secondary N) is 2. The summed E-state index contributed by atoms with van der Waals surface area (Å²) >= 11 is 0. The molecule has 2 N–H and O–H groups in total. The molecule has 3 aromatic carbocycles. The van der Waals surface area contributed by atoms with Gasteiger partial charge in [0.05, 0.1) is 32.4 Å². The summed E-state index contributed by atoms with van der Waals surface area (Å²) in [6.07, 6.45) is 4.05. The number of piperazine rings is 1. The Morgan fingerprint density at radius 3 is 2.20 bits per heavy atom. The molecule has 0 unspecified atom stereocenters. The summed E-state index contributed by atoms with van der Waals surface area (Å²) in [5, 5.41) is 8.25. The minimum Gasteiger partial charge on any atom is -0.361 e. The van der Waals surface area contributed by atoms with Gasteiger partial charge in [-0.25, -0.2) is 0 Å². The molecule has 1 aromatic heterocycles. The van der Waals surface area contributed by atoms with Gasteiger partial charge in [0.15, 0.2) is 0 Å². The smallest absolute Gasteiger partial charge is 0.140 e. The lowest BCUT2D eigenvalue weighted by atomic mass is 10.0. The highest BCUT2D eigenvalue weighted by Crippen LogP contribution is 2.41. The van der Waals surface area contributed by atoms with E-state index in [1.807, 2.05) is 12.4 Å². The molecule has 1 aliphatic heterocycles. The van der Waals surface area contributed by atoms with Gasteiger partial charge in [-0.1, -0.05) is 66.7 Å². The van der Waals surface area contributed by atoms with Crippen LogP contribution in [-0.4, -0.2) is 42.4 Å². The number of para-hydroxylation sites is 1. The minimum atomic E-state index is 0.442. The fourth-order valence-electron chi connectivity index (χ4n) is 5.13. The summed E-state index contributed by atoms with van der Waals surface area (Å²) in [6, 6.07) is 26.7. The monoisotopic (exact) mass is 393 g/mol. The first-order valence-corrected chi connectivity index (χ1v) is 10.8. The van der Waals surface area contributed by atoms with E-state index in [0.717, 1.165) is 37.3 Å². The molecule has 4 heteroatoms. The Balaban J connectivity index is 1.20. The molecule has 4 nitrogen and oxygen atoms in total. The lowest BCUT2D eigenvalue weighted by molar-refractivity contribution is -0.929. The van der Waals surface area contributed by atoms with Crippen molar-refractivity contribution in [2.24, 2.45) is 5.10 Å². The fourth-order valence-corrected chi connectivity index (χ4v) is 5.13. The predicted octanol–water partition coefficient (Wildman–Crippen LogP) is 3.47. The normalized spacial score (nSPS) is 17.0. The third-order valence-electron chi connectivity index (χ3n) is 6.61. The lowest BCUT2D eigenvalue weighted by Gasteiger charge is -2.34. The molecule has 0 spiro atoms. The van der Waals surface area contributed by atoms with Crippen LogP contribution in [0, 0.1) is 0 Å². The molecule has 30 heavy (non-hydrogen) atoms. The molecule has 2 heterocycles. The Morgan fingerprint density at radius 1 is 0.833 bits per heavy atom. The molecule has 0 amide bonds. The van der Waals surface area contributed by atoms with Crippen molar-refractivity contribution >= 4 is 17.1 Å². The van der Waals surface area contributed by atoms with Crippen molar-refractivity contribution in [1.82, 2.24) is 9.99 Å². The topological polar surface area (TPSA) is 35.8 Å². The number of hydrazone groups is 1. The van der Waals surface area contributed by atoms with Crippen molar-refractivity contribution in [1.29, 1.82) is 0 Å². The molecule has 1 fully saturated rings. The first kappa shape index (κ1) is 17.5. The summed E-state index contributed by atoms with van der Waals surface area (Å²) in [5.74, 6) is 0. The minimum absolute atomic E-state index is 0.442. The van der Waals surface area contributed by atoms with Crippen molar-refractivity contribution in [3.63, 3.8) is 0 Å². The van der Waals surface area contributed by atoms with E-state index in [1.165, 1.54) is 27.6 Å². The SMILES string of the molecule is C(=N\N1CC[NH+](C2c3ccccc3-c3ccccc32)CC1)/c1c[nH]c2ccccc12.